The van der Waals surface area contributed by atoms with E-state index >= 15 is 0 Å². The van der Waals surface area contributed by atoms with Crippen LogP contribution in [0, 0.1) is 0 Å². The van der Waals surface area contributed by atoms with Crippen LogP contribution in [0.15, 0.2) is 36.4 Å². The molecule has 6 heterocycles. The van der Waals surface area contributed by atoms with Crippen molar-refractivity contribution in [1.29, 1.82) is 0 Å². The maximum Gasteiger partial charge on any atom is 0.318 e. The van der Waals surface area contributed by atoms with Gasteiger partial charge in [0.05, 0.1) is 23.3 Å². The van der Waals surface area contributed by atoms with Crippen molar-refractivity contribution in [3.05, 3.63) is 53.2 Å². The first-order valence-corrected chi connectivity index (χ1v) is 15.4. The van der Waals surface area contributed by atoms with Crippen LogP contribution in [0.4, 0.5) is 16.3 Å². The van der Waals surface area contributed by atoms with Crippen molar-refractivity contribution in [2.24, 2.45) is 0 Å². The number of hydrogen-bond donors (Lipinski definition) is 2. The summed E-state index contributed by atoms with van der Waals surface area (Å²) in [7, 11) is 0. The number of hydrogen-bond acceptors (Lipinski definition) is 7. The Morgan fingerprint density at radius 3 is 2.56 bits per heavy atom. The molecule has 0 atom stereocenters. The second kappa shape index (κ2) is 9.48. The number of fused-ring (bicyclic) bond motifs is 3. The molecule has 5 aliphatic rings. The van der Waals surface area contributed by atoms with E-state index in [0.29, 0.717) is 19.2 Å². The molecule has 0 radical (unpaired) electrons. The molecule has 0 bridgehead atoms. The maximum atomic E-state index is 11.9. The van der Waals surface area contributed by atoms with E-state index in [1.54, 1.807) is 0 Å². The van der Waals surface area contributed by atoms with Crippen molar-refractivity contribution >= 4 is 28.3 Å². The van der Waals surface area contributed by atoms with Crippen LogP contribution in [0.2, 0.25) is 0 Å². The van der Waals surface area contributed by atoms with Gasteiger partial charge in [-0.15, -0.1) is 0 Å². The molecule has 214 valence electrons. The monoisotopic (exact) mass is 553 g/mol. The molecular formula is C32H39N7O2. The Bertz CT molecular complexity index is 1500. The van der Waals surface area contributed by atoms with Crippen LogP contribution in [0.25, 0.3) is 10.8 Å². The highest BCUT2D eigenvalue weighted by atomic mass is 16.5. The molecule has 4 fully saturated rings. The van der Waals surface area contributed by atoms with Crippen LogP contribution in [0.3, 0.4) is 0 Å². The number of rotatable bonds is 6. The smallest absolute Gasteiger partial charge is 0.318 e. The molecular weight excluding hydrogens is 514 g/mol. The molecule has 2 N–H and O–H groups in total. The maximum absolute atomic E-state index is 11.9. The van der Waals surface area contributed by atoms with Crippen molar-refractivity contribution in [3.8, 4) is 6.01 Å². The lowest BCUT2D eigenvalue weighted by atomic mass is 9.90. The number of anilines is 2. The molecule has 1 spiro atoms. The van der Waals surface area contributed by atoms with Crippen LogP contribution in [-0.2, 0) is 19.4 Å². The lowest BCUT2D eigenvalue weighted by molar-refractivity contribution is 0.107. The first-order chi connectivity index (χ1) is 20.0. The molecule has 0 saturated carbocycles. The predicted octanol–water partition coefficient (Wildman–Crippen LogP) is 3.63. The molecule has 2 aromatic carbocycles. The highest BCUT2D eigenvalue weighted by Gasteiger charge is 2.49. The minimum absolute atomic E-state index is 0.0764. The average Bonchev–Trinajstić information content (AvgIpc) is 3.68. The molecule has 5 aliphatic heterocycles. The van der Waals surface area contributed by atoms with Gasteiger partial charge in [0.2, 0.25) is 0 Å². The number of nitrogens with zero attached hydrogens (tertiary/aromatic N) is 5. The predicted molar refractivity (Wildman–Crippen MR) is 160 cm³/mol. The summed E-state index contributed by atoms with van der Waals surface area (Å²) in [4.78, 5) is 29.4. The minimum Gasteiger partial charge on any atom is -0.461 e. The van der Waals surface area contributed by atoms with Gasteiger partial charge in [-0.25, -0.2) is 4.79 Å². The van der Waals surface area contributed by atoms with E-state index in [0.717, 1.165) is 50.5 Å². The summed E-state index contributed by atoms with van der Waals surface area (Å²) in [6.45, 7) is 9.04. The molecule has 1 aromatic heterocycles. The molecule has 4 saturated heterocycles. The van der Waals surface area contributed by atoms with Gasteiger partial charge in [-0.2, -0.15) is 9.97 Å². The number of carbonyl (C=O) groups excluding carboxylic acids is 1. The summed E-state index contributed by atoms with van der Waals surface area (Å²) in [5.74, 6) is 0.982. The summed E-state index contributed by atoms with van der Waals surface area (Å²) in [6, 6.07) is 13.7. The van der Waals surface area contributed by atoms with Gasteiger partial charge >= 0.3 is 12.0 Å². The summed E-state index contributed by atoms with van der Waals surface area (Å²) in [5.41, 5.74) is 4.88. The van der Waals surface area contributed by atoms with Gasteiger partial charge < -0.3 is 25.2 Å². The van der Waals surface area contributed by atoms with Gasteiger partial charge in [0.25, 0.3) is 0 Å². The second-order valence-electron chi connectivity index (χ2n) is 12.7. The Hall–Kier alpha value is -3.59. The minimum atomic E-state index is -0.205. The molecule has 9 heteroatoms. The van der Waals surface area contributed by atoms with E-state index in [9.17, 15) is 4.79 Å². The van der Waals surface area contributed by atoms with Crippen LogP contribution in [0.1, 0.15) is 49.4 Å². The summed E-state index contributed by atoms with van der Waals surface area (Å²) < 4.78 is 6.51. The van der Waals surface area contributed by atoms with Crippen LogP contribution in [-0.4, -0.2) is 77.9 Å². The summed E-state index contributed by atoms with van der Waals surface area (Å²) in [5, 5.41) is 8.69. The Balaban J connectivity index is 1.13. The van der Waals surface area contributed by atoms with Crippen molar-refractivity contribution < 1.29 is 9.53 Å². The third kappa shape index (κ3) is 4.11. The second-order valence-corrected chi connectivity index (χ2v) is 12.7. The van der Waals surface area contributed by atoms with Gasteiger partial charge in [-0.05, 0) is 68.6 Å². The lowest BCUT2D eigenvalue weighted by Crippen LogP contribution is -2.69. The van der Waals surface area contributed by atoms with Gasteiger partial charge in [0, 0.05) is 42.8 Å². The van der Waals surface area contributed by atoms with Crippen LogP contribution >= 0.6 is 0 Å². The van der Waals surface area contributed by atoms with Gasteiger partial charge in [0.1, 0.15) is 12.4 Å². The fraction of sp³-hybridized carbons (Fsp3) is 0.531. The van der Waals surface area contributed by atoms with Crippen molar-refractivity contribution in [2.45, 2.75) is 63.1 Å². The molecule has 0 aliphatic carbocycles. The highest BCUT2D eigenvalue weighted by molar-refractivity contribution is 5.97. The number of benzene rings is 2. The fourth-order valence-electron chi connectivity index (χ4n) is 8.14. The standard InChI is InChI=1S/C32H39N7O2/c1-2-22-7-3-8-23-9-4-10-26(27(22)23)37-16-11-24-25(17-37)34-30(41-21-32-12-5-14-39(32)15-6-13-32)35-28(24)38-19-31(20-38)18-33-29(40)36-31/h3-4,7-10H,2,5-6,11-21H2,1H3,(H2,33,36,40). The third-order valence-corrected chi connectivity index (χ3v) is 10.2. The fourth-order valence-corrected chi connectivity index (χ4v) is 8.14. The van der Waals surface area contributed by atoms with E-state index in [2.05, 4.69) is 68.7 Å². The number of amides is 2. The SMILES string of the molecule is CCc1cccc2cccc(N3CCc4c(nc(OCC56CCCN5CCC6)nc4N4CC5(CNC(=O)N5)C4)C3)c12. The molecule has 2 amide bonds. The lowest BCUT2D eigenvalue weighted by Gasteiger charge is -2.48. The third-order valence-electron chi connectivity index (χ3n) is 10.2. The molecule has 8 rings (SSSR count). The van der Waals surface area contributed by atoms with Gasteiger partial charge in [-0.3, -0.25) is 4.90 Å². The Morgan fingerprint density at radius 2 is 1.80 bits per heavy atom. The Morgan fingerprint density at radius 1 is 1.00 bits per heavy atom. The van der Waals surface area contributed by atoms with E-state index < -0.39 is 0 Å². The Kier molecular flexibility index (Phi) is 5.81. The van der Waals surface area contributed by atoms with E-state index in [1.165, 1.54) is 66.4 Å². The Labute approximate surface area is 241 Å². The van der Waals surface area contributed by atoms with Crippen LogP contribution < -0.4 is 25.2 Å². The normalized spacial score (nSPS) is 22.4. The van der Waals surface area contributed by atoms with E-state index in [4.69, 9.17) is 14.7 Å². The summed E-state index contributed by atoms with van der Waals surface area (Å²) in [6.07, 6.45) is 6.76. The highest BCUT2D eigenvalue weighted by Crippen LogP contribution is 2.41. The zero-order chi connectivity index (χ0) is 27.6. The van der Waals surface area contributed by atoms with Crippen molar-refractivity contribution in [3.63, 3.8) is 0 Å². The molecule has 41 heavy (non-hydrogen) atoms. The largest absolute Gasteiger partial charge is 0.461 e. The number of aromatic nitrogens is 2. The zero-order valence-corrected chi connectivity index (χ0v) is 23.9. The number of nitrogens with one attached hydrogen (secondary N) is 2. The van der Waals surface area contributed by atoms with Crippen molar-refractivity contribution in [1.82, 2.24) is 25.5 Å². The first-order valence-electron chi connectivity index (χ1n) is 15.4. The quantitative estimate of drug-likeness (QED) is 0.482. The molecule has 3 aromatic rings. The number of urea groups is 1. The van der Waals surface area contributed by atoms with Crippen LogP contribution in [0.5, 0.6) is 6.01 Å². The summed E-state index contributed by atoms with van der Waals surface area (Å²) >= 11 is 0. The zero-order valence-electron chi connectivity index (χ0n) is 23.9. The van der Waals surface area contributed by atoms with Crippen molar-refractivity contribution in [2.75, 3.05) is 55.7 Å². The number of carbonyl (C=O) groups is 1. The first kappa shape index (κ1) is 25.1. The van der Waals surface area contributed by atoms with Gasteiger partial charge in [-0.1, -0.05) is 37.3 Å². The topological polar surface area (TPSA) is 85.9 Å². The molecule has 9 nitrogen and oxygen atoms in total. The number of aryl methyl sites for hydroxylation is 1. The molecule has 0 unspecified atom stereocenters. The number of ether oxygens (including phenoxy) is 1. The van der Waals surface area contributed by atoms with E-state index in [-0.39, 0.29) is 17.1 Å². The van der Waals surface area contributed by atoms with E-state index in [1.807, 2.05) is 0 Å². The van der Waals surface area contributed by atoms with Gasteiger partial charge in [0.15, 0.2) is 0 Å². The average molecular weight is 554 g/mol.